The summed E-state index contributed by atoms with van der Waals surface area (Å²) in [5.74, 6) is 3.55. The molecule has 0 amide bonds. The molecular formula is C25H35NO6. The van der Waals surface area contributed by atoms with Gasteiger partial charge in [-0.3, -0.25) is 4.90 Å². The molecule has 0 radical (unpaired) electrons. The minimum Gasteiger partial charge on any atom is -0.493 e. The highest BCUT2D eigenvalue weighted by molar-refractivity contribution is 5.85. The van der Waals surface area contributed by atoms with E-state index in [1.165, 1.54) is 0 Å². The van der Waals surface area contributed by atoms with Crippen LogP contribution in [0.25, 0.3) is 11.6 Å². The van der Waals surface area contributed by atoms with Crippen molar-refractivity contribution in [2.45, 2.75) is 13.8 Å². The number of likely N-dealkylation sites (N-methyl/N-ethyl adjacent to an activating group) is 1. The fourth-order valence-electron chi connectivity index (χ4n) is 3.56. The van der Waals surface area contributed by atoms with E-state index in [0.29, 0.717) is 34.5 Å². The van der Waals surface area contributed by atoms with Crippen LogP contribution in [0.1, 0.15) is 25.0 Å². The minimum atomic E-state index is 0.560. The number of hydrogen-bond donors (Lipinski definition) is 0. The Labute approximate surface area is 191 Å². The minimum absolute atomic E-state index is 0.560. The van der Waals surface area contributed by atoms with Gasteiger partial charge in [0.2, 0.25) is 11.5 Å². The van der Waals surface area contributed by atoms with Crippen LogP contribution in [0, 0.1) is 0 Å². The van der Waals surface area contributed by atoms with Crippen LogP contribution in [0.5, 0.6) is 34.5 Å². The Morgan fingerprint density at radius 3 is 1.41 bits per heavy atom. The number of benzene rings is 2. The zero-order chi connectivity index (χ0) is 23.7. The van der Waals surface area contributed by atoms with Gasteiger partial charge in [0.1, 0.15) is 0 Å². The topological polar surface area (TPSA) is 58.6 Å². The number of nitrogens with zero attached hydrogens (tertiary/aromatic N) is 1. The molecule has 0 fully saturated rings. The van der Waals surface area contributed by atoms with E-state index in [4.69, 9.17) is 28.4 Å². The molecule has 0 saturated heterocycles. The summed E-state index contributed by atoms with van der Waals surface area (Å²) in [5.41, 5.74) is 2.98. The van der Waals surface area contributed by atoms with Gasteiger partial charge < -0.3 is 28.4 Å². The summed E-state index contributed by atoms with van der Waals surface area (Å²) >= 11 is 0. The first-order valence-electron chi connectivity index (χ1n) is 10.5. The van der Waals surface area contributed by atoms with Gasteiger partial charge in [-0.05, 0) is 60.1 Å². The fourth-order valence-corrected chi connectivity index (χ4v) is 3.56. The lowest BCUT2D eigenvalue weighted by Crippen LogP contribution is -2.24. The van der Waals surface area contributed by atoms with Gasteiger partial charge in [-0.15, -0.1) is 0 Å². The Balaban J connectivity index is 2.71. The van der Waals surface area contributed by atoms with E-state index in [9.17, 15) is 0 Å². The summed E-state index contributed by atoms with van der Waals surface area (Å²) < 4.78 is 33.2. The first kappa shape index (κ1) is 25.2. The molecule has 32 heavy (non-hydrogen) atoms. The summed E-state index contributed by atoms with van der Waals surface area (Å²) in [6.45, 7) is 6.88. The average Bonchev–Trinajstić information content (AvgIpc) is 2.84. The normalized spacial score (nSPS) is 11.3. The van der Waals surface area contributed by atoms with Gasteiger partial charge in [-0.25, -0.2) is 0 Å². The molecule has 7 nitrogen and oxygen atoms in total. The average molecular weight is 446 g/mol. The van der Waals surface area contributed by atoms with Crippen molar-refractivity contribution in [3.8, 4) is 34.5 Å². The Hall–Kier alpha value is -3.06. The number of methoxy groups -OCH3 is 6. The van der Waals surface area contributed by atoms with Crippen molar-refractivity contribution in [3.63, 3.8) is 0 Å². The summed E-state index contributed by atoms with van der Waals surface area (Å²) in [5, 5.41) is 0. The molecular weight excluding hydrogens is 410 g/mol. The molecule has 7 heteroatoms. The van der Waals surface area contributed by atoms with Gasteiger partial charge in [-0.1, -0.05) is 13.8 Å². The zero-order valence-corrected chi connectivity index (χ0v) is 20.4. The zero-order valence-electron chi connectivity index (χ0n) is 20.4. The summed E-state index contributed by atoms with van der Waals surface area (Å²) in [6, 6.07) is 7.80. The Bertz CT molecular complexity index is 871. The Kier molecular flexibility index (Phi) is 9.53. The molecule has 0 bridgehead atoms. The summed E-state index contributed by atoms with van der Waals surface area (Å²) in [6.07, 6.45) is 2.11. The molecule has 0 N–H and O–H groups in total. The molecule has 2 rings (SSSR count). The van der Waals surface area contributed by atoms with E-state index >= 15 is 0 Å². The standard InChI is InChI=1S/C25H35NO6/c1-9-26(10-2)16-19(18-14-22(29-5)25(32-8)23(15-18)30-6)11-17-12-20(27-3)24(31-7)21(13-17)28-4/h11-15H,9-10,16H2,1-8H3/b19-11+. The van der Waals surface area contributed by atoms with Crippen LogP contribution < -0.4 is 28.4 Å². The van der Waals surface area contributed by atoms with Crippen molar-refractivity contribution >= 4 is 11.6 Å². The molecule has 2 aromatic rings. The SMILES string of the molecule is CCN(CC)C/C(=C\c1cc(OC)c(OC)c(OC)c1)c1cc(OC)c(OC)c(OC)c1. The smallest absolute Gasteiger partial charge is 0.203 e. The highest BCUT2D eigenvalue weighted by Gasteiger charge is 2.18. The largest absolute Gasteiger partial charge is 0.493 e. The monoisotopic (exact) mass is 445 g/mol. The molecule has 0 aromatic heterocycles. The Morgan fingerprint density at radius 1 is 0.656 bits per heavy atom. The third-order valence-electron chi connectivity index (χ3n) is 5.35. The first-order chi connectivity index (χ1) is 15.5. The van der Waals surface area contributed by atoms with Gasteiger partial charge in [0.05, 0.1) is 42.7 Å². The first-order valence-corrected chi connectivity index (χ1v) is 10.5. The van der Waals surface area contributed by atoms with E-state index in [-0.39, 0.29) is 0 Å². The third-order valence-corrected chi connectivity index (χ3v) is 5.35. The van der Waals surface area contributed by atoms with Gasteiger partial charge in [0.25, 0.3) is 0 Å². The van der Waals surface area contributed by atoms with Crippen molar-refractivity contribution < 1.29 is 28.4 Å². The van der Waals surface area contributed by atoms with Crippen molar-refractivity contribution in [1.82, 2.24) is 4.90 Å². The van der Waals surface area contributed by atoms with E-state index in [1.807, 2.05) is 24.3 Å². The van der Waals surface area contributed by atoms with E-state index < -0.39 is 0 Å². The summed E-state index contributed by atoms with van der Waals surface area (Å²) in [4.78, 5) is 2.34. The molecule has 0 aliphatic heterocycles. The quantitative estimate of drug-likeness (QED) is 0.442. The Morgan fingerprint density at radius 2 is 1.06 bits per heavy atom. The predicted molar refractivity (Wildman–Crippen MR) is 128 cm³/mol. The molecule has 0 aliphatic carbocycles. The molecule has 2 aromatic carbocycles. The van der Waals surface area contributed by atoms with Crippen molar-refractivity contribution in [1.29, 1.82) is 0 Å². The van der Waals surface area contributed by atoms with E-state index in [0.717, 1.165) is 36.3 Å². The lowest BCUT2D eigenvalue weighted by molar-refractivity contribution is 0.323. The molecule has 0 atom stereocenters. The molecule has 176 valence electrons. The van der Waals surface area contributed by atoms with Gasteiger partial charge in [0.15, 0.2) is 23.0 Å². The predicted octanol–water partition coefficient (Wildman–Crippen LogP) is 4.62. The van der Waals surface area contributed by atoms with Crippen LogP contribution in [-0.4, -0.2) is 67.2 Å². The fraction of sp³-hybridized carbons (Fsp3) is 0.440. The lowest BCUT2D eigenvalue weighted by atomic mass is 10.00. The van der Waals surface area contributed by atoms with Crippen molar-refractivity contribution in [2.24, 2.45) is 0 Å². The van der Waals surface area contributed by atoms with Crippen LogP contribution in [-0.2, 0) is 0 Å². The van der Waals surface area contributed by atoms with E-state index in [1.54, 1.807) is 42.7 Å². The van der Waals surface area contributed by atoms with Gasteiger partial charge in [0, 0.05) is 6.54 Å². The van der Waals surface area contributed by atoms with Crippen LogP contribution >= 0.6 is 0 Å². The van der Waals surface area contributed by atoms with E-state index in [2.05, 4.69) is 24.8 Å². The van der Waals surface area contributed by atoms with Crippen LogP contribution in [0.3, 0.4) is 0 Å². The lowest BCUT2D eigenvalue weighted by Gasteiger charge is -2.22. The number of hydrogen-bond acceptors (Lipinski definition) is 7. The second-order valence-electron chi connectivity index (χ2n) is 7.00. The van der Waals surface area contributed by atoms with Crippen molar-refractivity contribution in [3.05, 3.63) is 35.4 Å². The second kappa shape index (κ2) is 12.1. The molecule has 0 unspecified atom stereocenters. The van der Waals surface area contributed by atoms with Crippen LogP contribution in [0.15, 0.2) is 24.3 Å². The van der Waals surface area contributed by atoms with Crippen LogP contribution in [0.2, 0.25) is 0 Å². The van der Waals surface area contributed by atoms with Crippen LogP contribution in [0.4, 0.5) is 0 Å². The third kappa shape index (κ3) is 5.59. The maximum Gasteiger partial charge on any atom is 0.203 e. The van der Waals surface area contributed by atoms with Gasteiger partial charge in [-0.2, -0.15) is 0 Å². The summed E-state index contributed by atoms with van der Waals surface area (Å²) in [7, 11) is 9.66. The molecule has 0 aliphatic rings. The maximum absolute atomic E-state index is 5.58. The van der Waals surface area contributed by atoms with Gasteiger partial charge >= 0.3 is 0 Å². The highest BCUT2D eigenvalue weighted by Crippen LogP contribution is 2.42. The van der Waals surface area contributed by atoms with Crippen molar-refractivity contribution in [2.75, 3.05) is 62.3 Å². The molecule has 0 heterocycles. The number of ether oxygens (including phenoxy) is 6. The molecule has 0 spiro atoms. The maximum atomic E-state index is 5.58. The highest BCUT2D eigenvalue weighted by atomic mass is 16.5. The molecule has 0 saturated carbocycles. The number of rotatable bonds is 12. The second-order valence-corrected chi connectivity index (χ2v) is 7.00.